The summed E-state index contributed by atoms with van der Waals surface area (Å²) < 4.78 is 2.06. The number of nitrogens with one attached hydrogen (secondary N) is 2. The lowest BCUT2D eigenvalue weighted by atomic mass is 10.1. The first-order chi connectivity index (χ1) is 10.3. The van der Waals surface area contributed by atoms with Gasteiger partial charge in [0.25, 0.3) is 0 Å². The molecule has 2 aromatic rings. The van der Waals surface area contributed by atoms with Gasteiger partial charge in [-0.25, -0.2) is 4.98 Å². The number of aliphatic imine (C=N–C) groups is 1. The number of hydrogen-bond acceptors (Lipinski definition) is 2. The van der Waals surface area contributed by atoms with Crippen LogP contribution in [-0.4, -0.2) is 29.1 Å². The molecule has 0 unspecified atom stereocenters. The second-order valence-electron chi connectivity index (χ2n) is 4.90. The molecule has 0 atom stereocenters. The van der Waals surface area contributed by atoms with Crippen LogP contribution < -0.4 is 10.6 Å². The summed E-state index contributed by atoms with van der Waals surface area (Å²) in [6, 6.07) is 8.59. The third kappa shape index (κ3) is 6.05. The van der Waals surface area contributed by atoms with Crippen molar-refractivity contribution in [1.29, 1.82) is 0 Å². The first kappa shape index (κ1) is 18.5. The van der Waals surface area contributed by atoms with Gasteiger partial charge in [-0.05, 0) is 17.5 Å². The Morgan fingerprint density at radius 3 is 2.50 bits per heavy atom. The third-order valence-corrected chi connectivity index (χ3v) is 3.17. The van der Waals surface area contributed by atoms with Crippen molar-refractivity contribution in [2.75, 3.05) is 13.6 Å². The molecular formula is C16H24IN5. The number of halogens is 1. The largest absolute Gasteiger partial charge is 0.356 e. The van der Waals surface area contributed by atoms with Gasteiger partial charge in [0, 0.05) is 39.1 Å². The molecule has 0 aliphatic rings. The molecule has 0 amide bonds. The Hall–Kier alpha value is -1.57. The average Bonchev–Trinajstić information content (AvgIpc) is 3.02. The summed E-state index contributed by atoms with van der Waals surface area (Å²) >= 11 is 0. The Morgan fingerprint density at radius 2 is 1.91 bits per heavy atom. The van der Waals surface area contributed by atoms with E-state index in [0.29, 0.717) is 0 Å². The van der Waals surface area contributed by atoms with Crippen LogP contribution in [-0.2, 0) is 13.1 Å². The zero-order chi connectivity index (χ0) is 14.9. The van der Waals surface area contributed by atoms with Crippen molar-refractivity contribution < 1.29 is 0 Å². The van der Waals surface area contributed by atoms with Gasteiger partial charge in [-0.3, -0.25) is 4.99 Å². The van der Waals surface area contributed by atoms with E-state index in [1.807, 2.05) is 12.5 Å². The van der Waals surface area contributed by atoms with Crippen molar-refractivity contribution in [1.82, 2.24) is 20.2 Å². The molecule has 1 aromatic heterocycles. The first-order valence-corrected chi connectivity index (χ1v) is 7.30. The van der Waals surface area contributed by atoms with Gasteiger partial charge in [-0.2, -0.15) is 0 Å². The molecule has 6 heteroatoms. The number of benzene rings is 1. The van der Waals surface area contributed by atoms with Gasteiger partial charge in [-0.15, -0.1) is 24.0 Å². The summed E-state index contributed by atoms with van der Waals surface area (Å²) in [5, 5.41) is 6.57. The van der Waals surface area contributed by atoms with Crippen LogP contribution in [0.25, 0.3) is 0 Å². The maximum atomic E-state index is 4.19. The van der Waals surface area contributed by atoms with Crippen LogP contribution in [0.5, 0.6) is 0 Å². The molecule has 1 heterocycles. The van der Waals surface area contributed by atoms with E-state index in [1.165, 1.54) is 11.1 Å². The Labute approximate surface area is 149 Å². The monoisotopic (exact) mass is 413 g/mol. The predicted molar refractivity (Wildman–Crippen MR) is 102 cm³/mol. The topological polar surface area (TPSA) is 54.2 Å². The minimum atomic E-state index is 0. The third-order valence-electron chi connectivity index (χ3n) is 3.17. The van der Waals surface area contributed by atoms with Crippen LogP contribution in [0.3, 0.4) is 0 Å². The molecule has 0 aliphatic heterocycles. The van der Waals surface area contributed by atoms with Gasteiger partial charge in [-0.1, -0.05) is 31.2 Å². The standard InChI is InChI=1S/C16H23N5.HI/c1-3-8-19-16(17-2)20-11-14-4-6-15(7-5-14)12-21-10-9-18-13-21;/h4-7,9-10,13H,3,8,11-12H2,1-2H3,(H2,17,19,20);1H. The van der Waals surface area contributed by atoms with E-state index in [9.17, 15) is 0 Å². The van der Waals surface area contributed by atoms with Gasteiger partial charge in [0.2, 0.25) is 0 Å². The van der Waals surface area contributed by atoms with Crippen LogP contribution in [0.2, 0.25) is 0 Å². The molecule has 0 aliphatic carbocycles. The molecule has 0 radical (unpaired) electrons. The number of guanidine groups is 1. The normalized spacial score (nSPS) is 10.9. The molecule has 2 N–H and O–H groups in total. The van der Waals surface area contributed by atoms with Crippen molar-refractivity contribution >= 4 is 29.9 Å². The summed E-state index contributed by atoms with van der Waals surface area (Å²) in [6.45, 7) is 4.70. The molecule has 5 nitrogen and oxygen atoms in total. The van der Waals surface area contributed by atoms with Gasteiger partial charge in [0.15, 0.2) is 5.96 Å². The SMILES string of the molecule is CCCNC(=NC)NCc1ccc(Cn2ccnc2)cc1.I. The van der Waals surface area contributed by atoms with Crippen molar-refractivity contribution in [2.45, 2.75) is 26.4 Å². The van der Waals surface area contributed by atoms with Crippen LogP contribution >= 0.6 is 24.0 Å². The lowest BCUT2D eigenvalue weighted by Gasteiger charge is -2.11. The number of imidazole rings is 1. The van der Waals surface area contributed by atoms with Crippen molar-refractivity contribution in [3.8, 4) is 0 Å². The van der Waals surface area contributed by atoms with E-state index in [-0.39, 0.29) is 24.0 Å². The van der Waals surface area contributed by atoms with Crippen LogP contribution in [0.1, 0.15) is 24.5 Å². The van der Waals surface area contributed by atoms with Gasteiger partial charge < -0.3 is 15.2 Å². The van der Waals surface area contributed by atoms with Crippen LogP contribution in [0.15, 0.2) is 48.0 Å². The highest BCUT2D eigenvalue weighted by molar-refractivity contribution is 14.0. The van der Waals surface area contributed by atoms with E-state index in [1.54, 1.807) is 13.2 Å². The van der Waals surface area contributed by atoms with Crippen molar-refractivity contribution in [3.63, 3.8) is 0 Å². The number of hydrogen-bond donors (Lipinski definition) is 2. The summed E-state index contributed by atoms with van der Waals surface area (Å²) in [6.07, 6.45) is 6.69. The van der Waals surface area contributed by atoms with E-state index >= 15 is 0 Å². The van der Waals surface area contributed by atoms with Crippen molar-refractivity contribution in [2.24, 2.45) is 4.99 Å². The number of rotatable bonds is 6. The Balaban J connectivity index is 0.00000242. The molecule has 0 fully saturated rings. The fourth-order valence-electron chi connectivity index (χ4n) is 2.00. The van der Waals surface area contributed by atoms with Crippen LogP contribution in [0, 0.1) is 0 Å². The number of aromatic nitrogens is 2. The molecular weight excluding hydrogens is 389 g/mol. The second-order valence-corrected chi connectivity index (χ2v) is 4.90. The maximum absolute atomic E-state index is 4.19. The molecule has 0 saturated carbocycles. The minimum absolute atomic E-state index is 0. The van der Waals surface area contributed by atoms with Gasteiger partial charge >= 0.3 is 0 Å². The molecule has 2 rings (SSSR count). The fourth-order valence-corrected chi connectivity index (χ4v) is 2.00. The van der Waals surface area contributed by atoms with E-state index in [0.717, 1.165) is 32.0 Å². The fraction of sp³-hybridized carbons (Fsp3) is 0.375. The minimum Gasteiger partial charge on any atom is -0.356 e. The smallest absolute Gasteiger partial charge is 0.191 e. The molecule has 22 heavy (non-hydrogen) atoms. The quantitative estimate of drug-likeness (QED) is 0.435. The summed E-state index contributed by atoms with van der Waals surface area (Å²) in [4.78, 5) is 8.24. The zero-order valence-corrected chi connectivity index (χ0v) is 15.5. The maximum Gasteiger partial charge on any atom is 0.191 e. The van der Waals surface area contributed by atoms with Crippen LogP contribution in [0.4, 0.5) is 0 Å². The highest BCUT2D eigenvalue weighted by atomic mass is 127. The predicted octanol–water partition coefficient (Wildman–Crippen LogP) is 2.62. The van der Waals surface area contributed by atoms with Gasteiger partial charge in [0.1, 0.15) is 0 Å². The lowest BCUT2D eigenvalue weighted by molar-refractivity contribution is 0.779. The summed E-state index contributed by atoms with van der Waals surface area (Å²) in [5.74, 6) is 0.847. The molecule has 1 aromatic carbocycles. The first-order valence-electron chi connectivity index (χ1n) is 7.30. The van der Waals surface area contributed by atoms with Gasteiger partial charge in [0.05, 0.1) is 6.33 Å². The summed E-state index contributed by atoms with van der Waals surface area (Å²) in [5.41, 5.74) is 2.51. The molecule has 0 saturated heterocycles. The number of nitrogens with zero attached hydrogens (tertiary/aromatic N) is 3. The Kier molecular flexibility index (Phi) is 8.57. The Bertz CT molecular complexity index is 548. The second kappa shape index (κ2) is 10.2. The average molecular weight is 413 g/mol. The molecule has 0 bridgehead atoms. The summed E-state index contributed by atoms with van der Waals surface area (Å²) in [7, 11) is 1.79. The Morgan fingerprint density at radius 1 is 1.18 bits per heavy atom. The zero-order valence-electron chi connectivity index (χ0n) is 13.1. The van der Waals surface area contributed by atoms with E-state index < -0.39 is 0 Å². The van der Waals surface area contributed by atoms with Crippen molar-refractivity contribution in [3.05, 3.63) is 54.1 Å². The van der Waals surface area contributed by atoms with E-state index in [4.69, 9.17) is 0 Å². The highest BCUT2D eigenvalue weighted by Gasteiger charge is 1.99. The highest BCUT2D eigenvalue weighted by Crippen LogP contribution is 2.06. The molecule has 0 spiro atoms. The molecule has 120 valence electrons. The van der Waals surface area contributed by atoms with E-state index in [2.05, 4.69) is 56.4 Å². The lowest BCUT2D eigenvalue weighted by Crippen LogP contribution is -2.37.